The summed E-state index contributed by atoms with van der Waals surface area (Å²) in [4.78, 5) is 0. The maximum Gasteiger partial charge on any atom is 0.316 e. The standard InChI is InChI=1S/Al.Cu.Mg.H2O.5H/h;;;1H2;;;;;. The fourth-order valence-electron chi connectivity index (χ4n) is 0. The van der Waals surface area contributed by atoms with Gasteiger partial charge < -0.3 is 5.48 Å². The van der Waals surface area contributed by atoms with Crippen LogP contribution >= 0.6 is 0 Å². The minimum atomic E-state index is 0. The predicted molar refractivity (Wildman–Crippen MR) is 22.1 cm³/mol. The van der Waals surface area contributed by atoms with Gasteiger partial charge in [-0.3, -0.25) is 0 Å². The predicted octanol–water partition coefficient (Wildman–Crippen LogP) is -2.93. The van der Waals surface area contributed by atoms with Crippen molar-refractivity contribution >= 4 is 40.4 Å². The third kappa shape index (κ3) is 9.22. The summed E-state index contributed by atoms with van der Waals surface area (Å²) in [6, 6.07) is 0. The van der Waals surface area contributed by atoms with Gasteiger partial charge in [-0.05, 0) is 0 Å². The number of hydrogen-bond donors (Lipinski definition) is 0. The Hall–Kier alpha value is 1.78. The van der Waals surface area contributed by atoms with Gasteiger partial charge in [-0.15, -0.1) is 0 Å². The first-order valence-electron chi connectivity index (χ1n) is 0. The molecule has 0 saturated heterocycles. The maximum atomic E-state index is 0. The molecule has 0 heterocycles. The van der Waals surface area contributed by atoms with Gasteiger partial charge in [0.15, 0.2) is 17.4 Å². The smallest absolute Gasteiger partial charge is 0.316 e. The van der Waals surface area contributed by atoms with E-state index in [4.69, 9.17) is 0 Å². The van der Waals surface area contributed by atoms with Crippen LogP contribution in [0.4, 0.5) is 0 Å². The number of rotatable bonds is 0. The van der Waals surface area contributed by atoms with Gasteiger partial charge in [0, 0.05) is 17.1 Å². The van der Waals surface area contributed by atoms with E-state index in [1.165, 1.54) is 0 Å². The van der Waals surface area contributed by atoms with E-state index in [0.717, 1.165) is 0 Å². The van der Waals surface area contributed by atoms with Crippen molar-refractivity contribution in [2.45, 2.75) is 0 Å². The van der Waals surface area contributed by atoms with E-state index in [0.29, 0.717) is 0 Å². The molecule has 0 fully saturated rings. The molecule has 0 aromatic rings. The van der Waals surface area contributed by atoms with Crippen LogP contribution in [0.3, 0.4) is 0 Å². The molecule has 0 aromatic heterocycles. The van der Waals surface area contributed by atoms with Crippen LogP contribution in [0.2, 0.25) is 0 Å². The molecule has 4 heavy (non-hydrogen) atoms. The van der Waals surface area contributed by atoms with Crippen LogP contribution in [-0.4, -0.2) is 45.9 Å². The first-order valence-corrected chi connectivity index (χ1v) is 0. The summed E-state index contributed by atoms with van der Waals surface area (Å²) in [5.41, 5.74) is 0. The Morgan fingerprint density at radius 2 is 1.00 bits per heavy atom. The minimum absolute atomic E-state index is 0. The molecule has 0 aliphatic rings. The summed E-state index contributed by atoms with van der Waals surface area (Å²) in [6.45, 7) is 0. The van der Waals surface area contributed by atoms with Crippen LogP contribution in [0.15, 0.2) is 0 Å². The normalized spacial score (nSPS) is 0. The van der Waals surface area contributed by atoms with Gasteiger partial charge in [0.05, 0.1) is 0 Å². The monoisotopic (exact) mass is 137 g/mol. The zero-order chi connectivity index (χ0) is 0. The summed E-state index contributed by atoms with van der Waals surface area (Å²) in [5, 5.41) is 0. The first-order chi connectivity index (χ1) is 0. The second-order valence-corrected chi connectivity index (χ2v) is 0. The molecule has 0 aromatic carbocycles. The Morgan fingerprint density at radius 1 is 1.00 bits per heavy atom. The van der Waals surface area contributed by atoms with Gasteiger partial charge in [-0.2, -0.15) is 0 Å². The topological polar surface area (TPSA) is 31.5 Å². The van der Waals surface area contributed by atoms with E-state index in [1.54, 1.807) is 0 Å². The van der Waals surface area contributed by atoms with Crippen LogP contribution in [0, 0.1) is 0 Å². The molecule has 0 aliphatic carbocycles. The van der Waals surface area contributed by atoms with E-state index < -0.39 is 0 Å². The van der Waals surface area contributed by atoms with E-state index in [9.17, 15) is 0 Å². The summed E-state index contributed by atoms with van der Waals surface area (Å²) >= 11 is 0. The fourth-order valence-corrected chi connectivity index (χ4v) is 0. The molecular formula is H7AlCuMgO. The second kappa shape index (κ2) is 21.6. The Labute approximate surface area is 62.6 Å². The van der Waals surface area contributed by atoms with Gasteiger partial charge in [-0.25, -0.2) is 0 Å². The SMILES string of the molecule is O.[AlH3].[Cu].[MgH2]. The molecule has 0 aliphatic heterocycles. The molecule has 0 saturated carbocycles. The van der Waals surface area contributed by atoms with Gasteiger partial charge >= 0.3 is 23.1 Å². The third-order valence-electron chi connectivity index (χ3n) is 0. The Bertz CT molecular complexity index is 8.00. The van der Waals surface area contributed by atoms with Crippen molar-refractivity contribution in [3.63, 3.8) is 0 Å². The second-order valence-electron chi connectivity index (χ2n) is 0. The van der Waals surface area contributed by atoms with E-state index in [2.05, 4.69) is 0 Å². The van der Waals surface area contributed by atoms with Crippen molar-refractivity contribution in [1.29, 1.82) is 0 Å². The van der Waals surface area contributed by atoms with Crippen molar-refractivity contribution in [3.05, 3.63) is 0 Å². The van der Waals surface area contributed by atoms with Crippen molar-refractivity contribution < 1.29 is 22.5 Å². The summed E-state index contributed by atoms with van der Waals surface area (Å²) in [5.74, 6) is 0. The van der Waals surface area contributed by atoms with Gasteiger partial charge in [0.2, 0.25) is 0 Å². The molecule has 1 radical (unpaired) electrons. The average molecular weight is 138 g/mol. The van der Waals surface area contributed by atoms with Crippen LogP contribution in [0.1, 0.15) is 0 Å². The maximum absolute atomic E-state index is 0. The molecule has 2 N–H and O–H groups in total. The molecule has 0 bridgehead atoms. The molecule has 4 heteroatoms. The minimum Gasteiger partial charge on any atom is -0.412 e. The van der Waals surface area contributed by atoms with Crippen molar-refractivity contribution in [2.24, 2.45) is 0 Å². The fraction of sp³-hybridized carbons (Fsp3) is 0. The zero-order valence-electron chi connectivity index (χ0n) is 0.802. The molecule has 0 atom stereocenters. The van der Waals surface area contributed by atoms with Crippen molar-refractivity contribution in [1.82, 2.24) is 0 Å². The van der Waals surface area contributed by atoms with Crippen molar-refractivity contribution in [3.8, 4) is 0 Å². The van der Waals surface area contributed by atoms with E-state index in [-0.39, 0.29) is 63.0 Å². The summed E-state index contributed by atoms with van der Waals surface area (Å²) in [6.07, 6.45) is 0. The molecule has 0 rings (SSSR count). The van der Waals surface area contributed by atoms with Crippen LogP contribution < -0.4 is 0 Å². The molecule has 0 amide bonds. The average Bonchev–Trinajstić information content (AvgIpc) is 0. The molecule has 0 unspecified atom stereocenters. The van der Waals surface area contributed by atoms with Crippen LogP contribution in [0.25, 0.3) is 0 Å². The number of hydrogen-bond acceptors (Lipinski definition) is 0. The Morgan fingerprint density at radius 3 is 1.00 bits per heavy atom. The van der Waals surface area contributed by atoms with Gasteiger partial charge in [-0.1, -0.05) is 0 Å². The molecular weight excluding hydrogens is 131 g/mol. The largest absolute Gasteiger partial charge is 0.412 e. The Balaban J connectivity index is 0. The van der Waals surface area contributed by atoms with Crippen molar-refractivity contribution in [2.75, 3.05) is 0 Å². The zero-order valence-corrected chi connectivity index (χ0v) is 1.74. The van der Waals surface area contributed by atoms with Crippen LogP contribution in [-0.2, 0) is 17.1 Å². The summed E-state index contributed by atoms with van der Waals surface area (Å²) in [7, 11) is 0. The molecule has 1 nitrogen and oxygen atoms in total. The first kappa shape index (κ1) is 41.7. The van der Waals surface area contributed by atoms with E-state index >= 15 is 0 Å². The van der Waals surface area contributed by atoms with Gasteiger partial charge in [0.1, 0.15) is 0 Å². The van der Waals surface area contributed by atoms with E-state index in [1.807, 2.05) is 0 Å². The molecule has 0 spiro atoms. The third-order valence-corrected chi connectivity index (χ3v) is 0. The summed E-state index contributed by atoms with van der Waals surface area (Å²) < 4.78 is 0. The van der Waals surface area contributed by atoms with Crippen LogP contribution in [0.5, 0.6) is 0 Å². The quantitative estimate of drug-likeness (QED) is 0.321. The molecule has 29 valence electrons. The Kier molecular flexibility index (Phi) is 225. The van der Waals surface area contributed by atoms with Gasteiger partial charge in [0.25, 0.3) is 0 Å².